The van der Waals surface area contributed by atoms with E-state index in [1.54, 1.807) is 26.0 Å². The monoisotopic (exact) mass is 325 g/mol. The van der Waals surface area contributed by atoms with Gasteiger partial charge in [0.25, 0.3) is 0 Å². The van der Waals surface area contributed by atoms with Crippen molar-refractivity contribution in [3.8, 4) is 0 Å². The van der Waals surface area contributed by atoms with Crippen LogP contribution in [-0.4, -0.2) is 17.6 Å². The minimum Gasteiger partial charge on any atom is -0.462 e. The Morgan fingerprint density at radius 3 is 2.36 bits per heavy atom. The van der Waals surface area contributed by atoms with Gasteiger partial charge in [-0.15, -0.1) is 0 Å². The molecule has 0 aliphatic heterocycles. The van der Waals surface area contributed by atoms with Gasteiger partial charge in [0.1, 0.15) is 5.56 Å². The van der Waals surface area contributed by atoms with Crippen LogP contribution in [0.3, 0.4) is 0 Å². The molecule has 122 valence electrons. The Labute approximate surface area is 136 Å². The summed E-state index contributed by atoms with van der Waals surface area (Å²) in [5.41, 5.74) is 1.05. The zero-order valence-corrected chi connectivity index (χ0v) is 14.8. The van der Waals surface area contributed by atoms with E-state index in [1.165, 1.54) is 6.20 Å². The van der Waals surface area contributed by atoms with Gasteiger partial charge in [0, 0.05) is 16.6 Å². The zero-order chi connectivity index (χ0) is 17.3. The number of hydrogen-bond donors (Lipinski definition) is 1. The normalized spacial score (nSPS) is 9.23. The van der Waals surface area contributed by atoms with Crippen LogP contribution in [0.4, 0.5) is 0 Å². The highest BCUT2D eigenvalue weighted by Crippen LogP contribution is 2.20. The van der Waals surface area contributed by atoms with Crippen molar-refractivity contribution < 1.29 is 9.53 Å². The summed E-state index contributed by atoms with van der Waals surface area (Å²) < 4.78 is 4.83. The summed E-state index contributed by atoms with van der Waals surface area (Å²) in [6.07, 6.45) is 1.36. The molecule has 0 bridgehead atoms. The number of aromatic amines is 1. The second-order valence-corrected chi connectivity index (χ2v) is 4.31. The number of fused-ring (bicyclic) bond motifs is 1. The maximum atomic E-state index is 12.1. The number of aryl methyl sites for hydroxylation is 1. The lowest BCUT2D eigenvalue weighted by Gasteiger charge is -2.05. The number of esters is 1. The summed E-state index contributed by atoms with van der Waals surface area (Å²) in [5, 5.41) is 1.00. The van der Waals surface area contributed by atoms with Crippen LogP contribution in [0.1, 0.15) is 50.5 Å². The number of nitrogens with one attached hydrogen (secondary N) is 1. The fraction of sp³-hybridized carbons (Fsp3) is 0.412. The maximum absolute atomic E-state index is 12.1. The van der Waals surface area contributed by atoms with Crippen molar-refractivity contribution in [1.29, 1.82) is 0 Å². The Balaban J connectivity index is 0.00000102. The number of halogens is 1. The third-order valence-corrected chi connectivity index (χ3v) is 3.06. The first kappa shape index (κ1) is 20.2. The average molecular weight is 326 g/mol. The van der Waals surface area contributed by atoms with Gasteiger partial charge in [-0.3, -0.25) is 4.79 Å². The van der Waals surface area contributed by atoms with E-state index >= 15 is 0 Å². The highest BCUT2D eigenvalue weighted by molar-refractivity contribution is 6.32. The van der Waals surface area contributed by atoms with Gasteiger partial charge in [-0.1, -0.05) is 39.3 Å². The maximum Gasteiger partial charge on any atom is 0.343 e. The van der Waals surface area contributed by atoms with Crippen LogP contribution < -0.4 is 5.43 Å². The first-order valence-electron chi connectivity index (χ1n) is 7.53. The molecule has 5 heteroatoms. The first-order chi connectivity index (χ1) is 10.5. The number of ether oxygens (including phenoxy) is 1. The molecule has 4 nitrogen and oxygen atoms in total. The number of hydrogen-bond acceptors (Lipinski definition) is 3. The fourth-order valence-corrected chi connectivity index (χ4v) is 1.87. The van der Waals surface area contributed by atoms with Crippen LogP contribution in [-0.2, 0) is 4.74 Å². The smallest absolute Gasteiger partial charge is 0.343 e. The number of aromatic nitrogens is 1. The number of carbonyl (C=O) groups is 1. The SMILES string of the molecule is CC.CC.CCOC(=O)c1c[nH]c2cc(Cl)c(C)cc2c1=O. The Bertz CT molecular complexity index is 677. The molecule has 0 saturated heterocycles. The van der Waals surface area contributed by atoms with E-state index in [2.05, 4.69) is 4.98 Å². The van der Waals surface area contributed by atoms with Crippen LogP contribution in [0.5, 0.6) is 0 Å². The summed E-state index contributed by atoms with van der Waals surface area (Å²) in [5.74, 6) is -0.617. The minimum atomic E-state index is -0.617. The minimum absolute atomic E-state index is 0.00562. The van der Waals surface area contributed by atoms with Crippen LogP contribution >= 0.6 is 11.6 Å². The molecule has 1 aromatic carbocycles. The molecule has 0 aliphatic rings. The lowest BCUT2D eigenvalue weighted by atomic mass is 10.1. The molecule has 1 heterocycles. The van der Waals surface area contributed by atoms with Crippen molar-refractivity contribution in [1.82, 2.24) is 4.98 Å². The van der Waals surface area contributed by atoms with E-state index in [-0.39, 0.29) is 17.6 Å². The summed E-state index contributed by atoms with van der Waals surface area (Å²) in [4.78, 5) is 26.6. The molecule has 0 atom stereocenters. The first-order valence-corrected chi connectivity index (χ1v) is 7.91. The number of pyridine rings is 1. The molecule has 1 aromatic heterocycles. The Kier molecular flexibility index (Phi) is 9.18. The van der Waals surface area contributed by atoms with Crippen LogP contribution in [0, 0.1) is 6.92 Å². The molecule has 0 fully saturated rings. The molecular weight excluding hydrogens is 302 g/mol. The number of H-pyrrole nitrogens is 1. The van der Waals surface area contributed by atoms with Crippen molar-refractivity contribution in [2.24, 2.45) is 0 Å². The Morgan fingerprint density at radius 1 is 1.23 bits per heavy atom. The molecule has 2 aromatic rings. The van der Waals surface area contributed by atoms with E-state index in [0.29, 0.717) is 15.9 Å². The fourth-order valence-electron chi connectivity index (χ4n) is 1.71. The molecule has 1 N–H and O–H groups in total. The quantitative estimate of drug-likeness (QED) is 0.813. The third kappa shape index (κ3) is 4.60. The van der Waals surface area contributed by atoms with Crippen molar-refractivity contribution >= 4 is 28.5 Å². The molecule has 2 rings (SSSR count). The molecule has 0 amide bonds. The van der Waals surface area contributed by atoms with Gasteiger partial charge >= 0.3 is 5.97 Å². The number of rotatable bonds is 2. The van der Waals surface area contributed by atoms with Crippen LogP contribution in [0.2, 0.25) is 5.02 Å². The van der Waals surface area contributed by atoms with Gasteiger partial charge in [0.15, 0.2) is 0 Å². The Hall–Kier alpha value is -1.81. The second-order valence-electron chi connectivity index (χ2n) is 3.90. The van der Waals surface area contributed by atoms with Crippen molar-refractivity contribution in [2.75, 3.05) is 6.61 Å². The average Bonchev–Trinajstić information content (AvgIpc) is 2.54. The summed E-state index contributed by atoms with van der Waals surface area (Å²) in [6.45, 7) is 11.7. The predicted molar refractivity (Wildman–Crippen MR) is 93.0 cm³/mol. The molecule has 0 aliphatic carbocycles. The Morgan fingerprint density at radius 2 is 1.82 bits per heavy atom. The second kappa shape index (κ2) is 10.0. The van der Waals surface area contributed by atoms with Gasteiger partial charge in [0.2, 0.25) is 5.43 Å². The highest BCUT2D eigenvalue weighted by Gasteiger charge is 2.14. The molecule has 0 unspecified atom stereocenters. The summed E-state index contributed by atoms with van der Waals surface area (Å²) in [7, 11) is 0. The van der Waals surface area contributed by atoms with E-state index in [1.807, 2.05) is 27.7 Å². The summed E-state index contributed by atoms with van der Waals surface area (Å²) >= 11 is 5.98. The molecule has 22 heavy (non-hydrogen) atoms. The van der Waals surface area contributed by atoms with Crippen molar-refractivity contribution in [3.05, 3.63) is 44.7 Å². The number of benzene rings is 1. The lowest BCUT2D eigenvalue weighted by molar-refractivity contribution is 0.0524. The van der Waals surface area contributed by atoms with Crippen LogP contribution in [0.15, 0.2) is 23.1 Å². The lowest BCUT2D eigenvalue weighted by Crippen LogP contribution is -2.18. The molecule has 0 radical (unpaired) electrons. The van der Waals surface area contributed by atoms with E-state index in [0.717, 1.165) is 5.56 Å². The standard InChI is InChI=1S/C13H12ClNO3.2C2H6/c1-3-18-13(17)9-6-15-11-5-10(14)7(2)4-8(11)12(9)16;2*1-2/h4-6H,3H2,1-2H3,(H,15,16);2*1-2H3. The van der Waals surface area contributed by atoms with Gasteiger partial charge in [0.05, 0.1) is 12.1 Å². The largest absolute Gasteiger partial charge is 0.462 e. The topological polar surface area (TPSA) is 59.2 Å². The molecule has 0 saturated carbocycles. The highest BCUT2D eigenvalue weighted by atomic mass is 35.5. The van der Waals surface area contributed by atoms with Crippen molar-refractivity contribution in [2.45, 2.75) is 41.5 Å². The number of carbonyl (C=O) groups excluding carboxylic acids is 1. The van der Waals surface area contributed by atoms with Crippen molar-refractivity contribution in [3.63, 3.8) is 0 Å². The van der Waals surface area contributed by atoms with E-state index in [4.69, 9.17) is 16.3 Å². The predicted octanol–water partition coefficient (Wildman–Crippen LogP) is 4.72. The third-order valence-electron chi connectivity index (χ3n) is 2.66. The zero-order valence-electron chi connectivity index (χ0n) is 14.0. The van der Waals surface area contributed by atoms with Gasteiger partial charge < -0.3 is 9.72 Å². The van der Waals surface area contributed by atoms with Gasteiger partial charge in [-0.25, -0.2) is 4.79 Å². The summed E-state index contributed by atoms with van der Waals surface area (Å²) in [6, 6.07) is 3.34. The van der Waals surface area contributed by atoms with E-state index < -0.39 is 5.97 Å². The van der Waals surface area contributed by atoms with Gasteiger partial charge in [-0.05, 0) is 31.5 Å². The van der Waals surface area contributed by atoms with Gasteiger partial charge in [-0.2, -0.15) is 0 Å². The van der Waals surface area contributed by atoms with E-state index in [9.17, 15) is 9.59 Å². The van der Waals surface area contributed by atoms with Crippen LogP contribution in [0.25, 0.3) is 10.9 Å². The molecular formula is C17H24ClNO3. The molecule has 0 spiro atoms.